The van der Waals surface area contributed by atoms with E-state index in [4.69, 9.17) is 32.0 Å². The van der Waals surface area contributed by atoms with Gasteiger partial charge in [0.05, 0.1) is 17.7 Å². The van der Waals surface area contributed by atoms with Crippen molar-refractivity contribution >= 4 is 39.1 Å². The van der Waals surface area contributed by atoms with Crippen molar-refractivity contribution in [2.24, 2.45) is 0 Å². The maximum absolute atomic E-state index is 5.86. The van der Waals surface area contributed by atoms with Gasteiger partial charge in [0.1, 0.15) is 0 Å². The van der Waals surface area contributed by atoms with E-state index in [9.17, 15) is 0 Å². The van der Waals surface area contributed by atoms with Crippen LogP contribution in [0, 0.1) is 6.92 Å². The first-order valence-corrected chi connectivity index (χ1v) is 9.88. The van der Waals surface area contributed by atoms with E-state index in [0.29, 0.717) is 27.2 Å². The molecule has 0 aliphatic heterocycles. The van der Waals surface area contributed by atoms with Crippen molar-refractivity contribution in [3.63, 3.8) is 0 Å². The monoisotopic (exact) mass is 464 g/mol. The number of rotatable bonds is 3. The third-order valence-corrected chi connectivity index (χ3v) is 4.46. The Morgan fingerprint density at radius 2 is 1.41 bits per heavy atom. The van der Waals surface area contributed by atoms with Crippen LogP contribution in [0.15, 0.2) is 69.8 Å². The lowest BCUT2D eigenvalue weighted by Gasteiger charge is -1.95. The minimum atomic E-state index is 0.619. The Morgan fingerprint density at radius 3 is 1.85 bits per heavy atom. The molecule has 138 valence electrons. The summed E-state index contributed by atoms with van der Waals surface area (Å²) in [5.41, 5.74) is 1.89. The number of aromatic nitrogens is 2. The maximum atomic E-state index is 5.86. The van der Waals surface area contributed by atoms with E-state index in [1.54, 1.807) is 12.4 Å². The van der Waals surface area contributed by atoms with Crippen LogP contribution in [-0.2, 0) is 5.33 Å². The quantitative estimate of drug-likeness (QED) is 0.300. The van der Waals surface area contributed by atoms with E-state index in [-0.39, 0.29) is 0 Å². The average molecular weight is 466 g/mol. The van der Waals surface area contributed by atoms with Gasteiger partial charge in [0.15, 0.2) is 17.4 Å². The summed E-state index contributed by atoms with van der Waals surface area (Å²) in [6.07, 6.45) is 3.39. The van der Waals surface area contributed by atoms with Crippen LogP contribution in [0.2, 0.25) is 10.0 Å². The molecule has 0 N–H and O–H groups in total. The highest BCUT2D eigenvalue weighted by Crippen LogP contribution is 2.24. The second-order valence-electron chi connectivity index (χ2n) is 5.52. The second kappa shape index (κ2) is 9.22. The summed E-state index contributed by atoms with van der Waals surface area (Å²) in [4.78, 5) is 8.10. The highest BCUT2D eigenvalue weighted by atomic mass is 79.9. The van der Waals surface area contributed by atoms with Gasteiger partial charge in [-0.3, -0.25) is 0 Å². The molecule has 0 saturated heterocycles. The van der Waals surface area contributed by atoms with Crippen LogP contribution in [-0.4, -0.2) is 9.97 Å². The molecule has 0 aliphatic carbocycles. The van der Waals surface area contributed by atoms with Crippen molar-refractivity contribution in [1.82, 2.24) is 9.97 Å². The first kappa shape index (κ1) is 19.7. The number of nitrogens with zero attached hydrogens (tertiary/aromatic N) is 2. The summed E-state index contributed by atoms with van der Waals surface area (Å²) in [7, 11) is 0. The van der Waals surface area contributed by atoms with E-state index < -0.39 is 0 Å². The summed E-state index contributed by atoms with van der Waals surface area (Å²) < 4.78 is 10.8. The summed E-state index contributed by atoms with van der Waals surface area (Å²) in [5.74, 6) is 2.82. The molecule has 0 spiro atoms. The Labute approximate surface area is 175 Å². The molecular formula is C20H15BrCl2N2O2. The van der Waals surface area contributed by atoms with E-state index >= 15 is 0 Å². The van der Waals surface area contributed by atoms with Crippen LogP contribution in [0.1, 0.15) is 11.8 Å². The fraction of sp³-hybridized carbons (Fsp3) is 0.100. The van der Waals surface area contributed by atoms with E-state index in [0.717, 1.165) is 22.6 Å². The molecule has 0 amide bonds. The first-order chi connectivity index (χ1) is 13.0. The molecule has 7 heteroatoms. The van der Waals surface area contributed by atoms with E-state index in [2.05, 4.69) is 25.9 Å². The molecule has 2 aromatic carbocycles. The van der Waals surface area contributed by atoms with Gasteiger partial charge in [-0.25, -0.2) is 9.97 Å². The van der Waals surface area contributed by atoms with Gasteiger partial charge in [-0.15, -0.1) is 0 Å². The van der Waals surface area contributed by atoms with Gasteiger partial charge in [-0.2, -0.15) is 0 Å². The molecular weight excluding hydrogens is 451 g/mol. The number of hydrogen-bond acceptors (Lipinski definition) is 4. The zero-order chi connectivity index (χ0) is 19.2. The Kier molecular flexibility index (Phi) is 6.72. The molecule has 4 aromatic rings. The smallest absolute Gasteiger partial charge is 0.205 e. The minimum Gasteiger partial charge on any atom is -0.441 e. The molecule has 0 bridgehead atoms. The number of oxazole rings is 2. The van der Waals surface area contributed by atoms with Gasteiger partial charge in [-0.1, -0.05) is 63.4 Å². The fourth-order valence-corrected chi connectivity index (χ4v) is 2.92. The van der Waals surface area contributed by atoms with Crippen LogP contribution in [0.4, 0.5) is 0 Å². The maximum Gasteiger partial charge on any atom is 0.205 e. The van der Waals surface area contributed by atoms with Crippen molar-refractivity contribution < 1.29 is 8.83 Å². The zero-order valence-corrected chi connectivity index (χ0v) is 17.4. The minimum absolute atomic E-state index is 0.619. The summed E-state index contributed by atoms with van der Waals surface area (Å²) in [6.45, 7) is 1.81. The Hall–Kier alpha value is -2.08. The summed E-state index contributed by atoms with van der Waals surface area (Å²) in [6, 6.07) is 15.0. The zero-order valence-electron chi connectivity index (χ0n) is 14.3. The van der Waals surface area contributed by atoms with Crippen LogP contribution < -0.4 is 0 Å². The molecule has 2 heterocycles. The first-order valence-electron chi connectivity index (χ1n) is 8.00. The molecule has 0 radical (unpaired) electrons. The number of benzene rings is 2. The predicted octanol–water partition coefficient (Wildman–Crippen LogP) is 7.19. The van der Waals surface area contributed by atoms with Gasteiger partial charge in [0.25, 0.3) is 0 Å². The van der Waals surface area contributed by atoms with E-state index in [1.807, 2.05) is 55.5 Å². The third-order valence-electron chi connectivity index (χ3n) is 3.51. The number of aryl methyl sites for hydroxylation is 1. The molecule has 0 saturated carbocycles. The van der Waals surface area contributed by atoms with Crippen molar-refractivity contribution in [2.75, 3.05) is 0 Å². The Balaban J connectivity index is 0.000000156. The largest absolute Gasteiger partial charge is 0.441 e. The molecule has 0 atom stereocenters. The van der Waals surface area contributed by atoms with Gasteiger partial charge < -0.3 is 8.83 Å². The lowest BCUT2D eigenvalue weighted by atomic mass is 10.2. The van der Waals surface area contributed by atoms with Gasteiger partial charge in [-0.05, 0) is 24.3 Å². The second-order valence-corrected chi connectivity index (χ2v) is 6.95. The summed E-state index contributed by atoms with van der Waals surface area (Å²) in [5, 5.41) is 2.01. The molecule has 4 nitrogen and oxygen atoms in total. The molecule has 0 aliphatic rings. The SMILES string of the molecule is Cc1ncc(-c2cccc(Cl)c2)o1.Clc1cccc(-c2cnc(CBr)o2)c1. The van der Waals surface area contributed by atoms with E-state index in [1.165, 1.54) is 0 Å². The third kappa shape index (κ3) is 5.45. The Bertz CT molecular complexity index is 1030. The highest BCUT2D eigenvalue weighted by Gasteiger charge is 2.05. The van der Waals surface area contributed by atoms with Gasteiger partial charge in [0.2, 0.25) is 5.89 Å². The van der Waals surface area contributed by atoms with Crippen molar-refractivity contribution in [2.45, 2.75) is 12.3 Å². The van der Waals surface area contributed by atoms with Gasteiger partial charge in [0, 0.05) is 28.1 Å². The number of halogens is 3. The topological polar surface area (TPSA) is 52.1 Å². The van der Waals surface area contributed by atoms with Crippen molar-refractivity contribution in [3.05, 3.63) is 82.8 Å². The molecule has 2 aromatic heterocycles. The molecule has 4 rings (SSSR count). The van der Waals surface area contributed by atoms with Crippen LogP contribution in [0.25, 0.3) is 22.6 Å². The van der Waals surface area contributed by atoms with Crippen molar-refractivity contribution in [1.29, 1.82) is 0 Å². The number of hydrogen-bond donors (Lipinski definition) is 0. The molecule has 27 heavy (non-hydrogen) atoms. The average Bonchev–Trinajstić information content (AvgIpc) is 3.31. The predicted molar refractivity (Wildman–Crippen MR) is 111 cm³/mol. The van der Waals surface area contributed by atoms with Crippen LogP contribution in [0.5, 0.6) is 0 Å². The van der Waals surface area contributed by atoms with Gasteiger partial charge >= 0.3 is 0 Å². The molecule has 0 fully saturated rings. The van der Waals surface area contributed by atoms with Crippen LogP contribution >= 0.6 is 39.1 Å². The number of alkyl halides is 1. The highest BCUT2D eigenvalue weighted by molar-refractivity contribution is 9.08. The standard InChI is InChI=1S/C10H7BrClNO.C10H8ClNO/c11-5-10-13-6-9(14-10)7-2-1-3-8(12)4-7;1-7-12-6-10(13-7)8-3-2-4-9(11)5-8/h1-4,6H,5H2;2-6H,1H3. The Morgan fingerprint density at radius 1 is 0.852 bits per heavy atom. The lowest BCUT2D eigenvalue weighted by molar-refractivity contribution is 0.531. The fourth-order valence-electron chi connectivity index (χ4n) is 2.28. The lowest BCUT2D eigenvalue weighted by Crippen LogP contribution is -1.73. The summed E-state index contributed by atoms with van der Waals surface area (Å²) >= 11 is 15.0. The molecule has 0 unspecified atom stereocenters. The van der Waals surface area contributed by atoms with Crippen molar-refractivity contribution in [3.8, 4) is 22.6 Å². The normalized spacial score (nSPS) is 10.4. The van der Waals surface area contributed by atoms with Crippen LogP contribution in [0.3, 0.4) is 0 Å².